The van der Waals surface area contributed by atoms with E-state index in [0.29, 0.717) is 6.54 Å². The lowest BCUT2D eigenvalue weighted by atomic mass is 9.76. The van der Waals surface area contributed by atoms with Crippen LogP contribution in [0, 0.1) is 0 Å². The van der Waals surface area contributed by atoms with Gasteiger partial charge in [-0.1, -0.05) is 30.3 Å². The second-order valence-electron chi connectivity index (χ2n) is 4.35. The van der Waals surface area contributed by atoms with Gasteiger partial charge in [0.25, 0.3) is 0 Å². The molecule has 0 atom stereocenters. The van der Waals surface area contributed by atoms with Crippen LogP contribution < -0.4 is 10.6 Å². The van der Waals surface area contributed by atoms with Crippen molar-refractivity contribution in [2.24, 2.45) is 0 Å². The molecule has 1 aliphatic rings. The number of rotatable bonds is 4. The second kappa shape index (κ2) is 4.66. The average Bonchev–Trinajstić information content (AvgIpc) is 2.27. The standard InChI is InChI=1S/C13H18N2O/c1-14-13(8-5-9-13)12(16)15-10-11-6-3-2-4-7-11/h2-4,6-7,14H,5,8-10H2,1H3,(H,15,16). The molecule has 86 valence electrons. The first-order valence-electron chi connectivity index (χ1n) is 5.78. The molecular formula is C13H18N2O. The Morgan fingerprint density at radius 2 is 2.00 bits per heavy atom. The van der Waals surface area contributed by atoms with Gasteiger partial charge in [0.05, 0.1) is 5.54 Å². The van der Waals surface area contributed by atoms with Crippen molar-refractivity contribution >= 4 is 5.91 Å². The topological polar surface area (TPSA) is 41.1 Å². The first kappa shape index (κ1) is 11.1. The van der Waals surface area contributed by atoms with E-state index in [0.717, 1.165) is 24.8 Å². The van der Waals surface area contributed by atoms with Crippen LogP contribution in [0.15, 0.2) is 30.3 Å². The van der Waals surface area contributed by atoms with Gasteiger partial charge < -0.3 is 10.6 Å². The van der Waals surface area contributed by atoms with Gasteiger partial charge >= 0.3 is 0 Å². The first-order valence-corrected chi connectivity index (χ1v) is 5.78. The molecule has 0 aromatic heterocycles. The van der Waals surface area contributed by atoms with Crippen molar-refractivity contribution in [3.63, 3.8) is 0 Å². The van der Waals surface area contributed by atoms with E-state index in [-0.39, 0.29) is 11.4 Å². The van der Waals surface area contributed by atoms with E-state index in [9.17, 15) is 4.79 Å². The van der Waals surface area contributed by atoms with Crippen LogP contribution in [0.3, 0.4) is 0 Å². The Morgan fingerprint density at radius 1 is 1.31 bits per heavy atom. The molecule has 0 aliphatic heterocycles. The highest BCUT2D eigenvalue weighted by Crippen LogP contribution is 2.31. The fourth-order valence-electron chi connectivity index (χ4n) is 2.07. The second-order valence-corrected chi connectivity index (χ2v) is 4.35. The van der Waals surface area contributed by atoms with Crippen molar-refractivity contribution in [3.8, 4) is 0 Å². The third-order valence-electron chi connectivity index (χ3n) is 3.42. The number of carbonyl (C=O) groups excluding carboxylic acids is 1. The van der Waals surface area contributed by atoms with Crippen LogP contribution in [0.5, 0.6) is 0 Å². The molecule has 1 amide bonds. The normalized spacial score (nSPS) is 17.6. The first-order chi connectivity index (χ1) is 7.77. The lowest BCUT2D eigenvalue weighted by Gasteiger charge is -2.39. The van der Waals surface area contributed by atoms with Gasteiger partial charge in [0.15, 0.2) is 0 Å². The van der Waals surface area contributed by atoms with Gasteiger partial charge in [0.1, 0.15) is 0 Å². The highest BCUT2D eigenvalue weighted by Gasteiger charge is 2.42. The minimum Gasteiger partial charge on any atom is -0.350 e. The summed E-state index contributed by atoms with van der Waals surface area (Å²) in [5.41, 5.74) is 0.843. The molecule has 1 aromatic carbocycles. The van der Waals surface area contributed by atoms with Crippen molar-refractivity contribution in [2.75, 3.05) is 7.05 Å². The minimum absolute atomic E-state index is 0.130. The van der Waals surface area contributed by atoms with Gasteiger partial charge in [-0.15, -0.1) is 0 Å². The third kappa shape index (κ3) is 2.09. The zero-order valence-corrected chi connectivity index (χ0v) is 9.62. The minimum atomic E-state index is -0.297. The summed E-state index contributed by atoms with van der Waals surface area (Å²) in [6.45, 7) is 0.614. The van der Waals surface area contributed by atoms with Crippen LogP contribution in [0.2, 0.25) is 0 Å². The predicted octanol–water partition coefficient (Wildman–Crippen LogP) is 1.44. The molecule has 16 heavy (non-hydrogen) atoms. The summed E-state index contributed by atoms with van der Waals surface area (Å²) < 4.78 is 0. The predicted molar refractivity (Wildman–Crippen MR) is 63.9 cm³/mol. The number of hydrogen-bond acceptors (Lipinski definition) is 2. The zero-order valence-electron chi connectivity index (χ0n) is 9.62. The van der Waals surface area contributed by atoms with Crippen LogP contribution in [0.4, 0.5) is 0 Å². The Kier molecular flexibility index (Phi) is 3.25. The molecule has 2 rings (SSSR count). The number of hydrogen-bond donors (Lipinski definition) is 2. The Hall–Kier alpha value is -1.35. The number of amides is 1. The maximum absolute atomic E-state index is 12.0. The Morgan fingerprint density at radius 3 is 2.50 bits per heavy atom. The molecule has 1 fully saturated rings. The molecule has 2 N–H and O–H groups in total. The van der Waals surface area contributed by atoms with Gasteiger partial charge in [0.2, 0.25) is 5.91 Å². The smallest absolute Gasteiger partial charge is 0.240 e. The Balaban J connectivity index is 1.89. The molecule has 0 radical (unpaired) electrons. The van der Waals surface area contributed by atoms with E-state index in [1.54, 1.807) is 0 Å². The molecule has 1 saturated carbocycles. The van der Waals surface area contributed by atoms with Crippen molar-refractivity contribution in [2.45, 2.75) is 31.3 Å². The Labute approximate surface area is 96.2 Å². The van der Waals surface area contributed by atoms with Gasteiger partial charge in [-0.2, -0.15) is 0 Å². The molecule has 3 nitrogen and oxygen atoms in total. The summed E-state index contributed by atoms with van der Waals surface area (Å²) >= 11 is 0. The molecule has 0 spiro atoms. The highest BCUT2D eigenvalue weighted by molar-refractivity contribution is 5.87. The molecule has 1 aromatic rings. The van der Waals surface area contributed by atoms with E-state index < -0.39 is 0 Å². The number of nitrogens with one attached hydrogen (secondary N) is 2. The summed E-state index contributed by atoms with van der Waals surface area (Å²) in [7, 11) is 1.86. The van der Waals surface area contributed by atoms with Gasteiger partial charge in [-0.05, 0) is 31.9 Å². The summed E-state index contributed by atoms with van der Waals surface area (Å²) in [4.78, 5) is 12.0. The van der Waals surface area contributed by atoms with Crippen molar-refractivity contribution < 1.29 is 4.79 Å². The van der Waals surface area contributed by atoms with E-state index in [1.165, 1.54) is 0 Å². The van der Waals surface area contributed by atoms with Crippen LogP contribution in [-0.2, 0) is 11.3 Å². The largest absolute Gasteiger partial charge is 0.350 e. The van der Waals surface area contributed by atoms with Gasteiger partial charge in [-0.25, -0.2) is 0 Å². The van der Waals surface area contributed by atoms with Crippen LogP contribution in [-0.4, -0.2) is 18.5 Å². The Bertz CT molecular complexity index is 352. The van der Waals surface area contributed by atoms with Gasteiger partial charge in [-0.3, -0.25) is 4.79 Å². The molecule has 1 aliphatic carbocycles. The molecule has 0 heterocycles. The van der Waals surface area contributed by atoms with Crippen LogP contribution in [0.25, 0.3) is 0 Å². The molecule has 3 heteroatoms. The van der Waals surface area contributed by atoms with Crippen molar-refractivity contribution in [1.82, 2.24) is 10.6 Å². The van der Waals surface area contributed by atoms with E-state index in [4.69, 9.17) is 0 Å². The lowest BCUT2D eigenvalue weighted by Crippen LogP contribution is -2.59. The van der Waals surface area contributed by atoms with E-state index in [1.807, 2.05) is 37.4 Å². The molecule has 0 bridgehead atoms. The van der Waals surface area contributed by atoms with Crippen molar-refractivity contribution in [1.29, 1.82) is 0 Å². The maximum atomic E-state index is 12.0. The van der Waals surface area contributed by atoms with Crippen molar-refractivity contribution in [3.05, 3.63) is 35.9 Å². The molecule has 0 unspecified atom stereocenters. The quantitative estimate of drug-likeness (QED) is 0.803. The summed E-state index contributed by atoms with van der Waals surface area (Å²) in [5, 5.41) is 6.13. The highest BCUT2D eigenvalue weighted by atomic mass is 16.2. The summed E-state index contributed by atoms with van der Waals surface area (Å²) in [5.74, 6) is 0.130. The number of benzene rings is 1. The van der Waals surface area contributed by atoms with E-state index in [2.05, 4.69) is 10.6 Å². The maximum Gasteiger partial charge on any atom is 0.240 e. The summed E-state index contributed by atoms with van der Waals surface area (Å²) in [6, 6.07) is 9.99. The lowest BCUT2D eigenvalue weighted by molar-refractivity contribution is -0.131. The molecular weight excluding hydrogens is 200 g/mol. The average molecular weight is 218 g/mol. The number of likely N-dealkylation sites (N-methyl/N-ethyl adjacent to an activating group) is 1. The third-order valence-corrected chi connectivity index (χ3v) is 3.42. The van der Waals surface area contributed by atoms with Gasteiger partial charge in [0, 0.05) is 6.54 Å². The SMILES string of the molecule is CNC1(C(=O)NCc2ccccc2)CCC1. The van der Waals surface area contributed by atoms with E-state index >= 15 is 0 Å². The monoisotopic (exact) mass is 218 g/mol. The fourth-order valence-corrected chi connectivity index (χ4v) is 2.07. The zero-order chi connectivity index (χ0) is 11.4. The fraction of sp³-hybridized carbons (Fsp3) is 0.462. The summed E-state index contributed by atoms with van der Waals surface area (Å²) in [6.07, 6.45) is 3.04. The molecule has 0 saturated heterocycles. The van der Waals surface area contributed by atoms with Crippen LogP contribution >= 0.6 is 0 Å². The number of carbonyl (C=O) groups is 1. The van der Waals surface area contributed by atoms with Crippen LogP contribution in [0.1, 0.15) is 24.8 Å².